The standard InChI is InChI=1S/C19H18N2O5/c1-7-15(23)13(9(3)22)17-14(16(7)24)19(4)11(26-17)6-10-12(18(19)25)8(2)20-21(10)5/h6,23-24H,1-5H3/t19-/m0/s1. The Morgan fingerprint density at radius 2 is 1.92 bits per heavy atom. The second kappa shape index (κ2) is 4.75. The number of hydrogen-bond acceptors (Lipinski definition) is 6. The molecular formula is C19H18N2O5. The average Bonchev–Trinajstić information content (AvgIpc) is 3.00. The number of ketones is 2. The first-order valence-electron chi connectivity index (χ1n) is 8.19. The van der Waals surface area contributed by atoms with Crippen LogP contribution >= 0.6 is 0 Å². The maximum absolute atomic E-state index is 13.4. The van der Waals surface area contributed by atoms with Crippen molar-refractivity contribution in [3.8, 4) is 17.2 Å². The topological polar surface area (TPSA) is 102 Å². The van der Waals surface area contributed by atoms with Crippen LogP contribution in [0.1, 0.15) is 57.1 Å². The monoisotopic (exact) mass is 354 g/mol. The lowest BCUT2D eigenvalue weighted by molar-refractivity contribution is 0.0905. The number of aromatic nitrogens is 2. The maximum Gasteiger partial charge on any atom is 0.185 e. The Kier molecular flexibility index (Phi) is 2.99. The Hall–Kier alpha value is -3.09. The summed E-state index contributed by atoms with van der Waals surface area (Å²) in [7, 11) is 1.73. The Balaban J connectivity index is 2.11. The van der Waals surface area contributed by atoms with Gasteiger partial charge in [-0.3, -0.25) is 14.3 Å². The molecule has 7 heteroatoms. The van der Waals surface area contributed by atoms with Crippen molar-refractivity contribution >= 4 is 17.6 Å². The molecule has 2 N–H and O–H groups in total. The van der Waals surface area contributed by atoms with Gasteiger partial charge in [-0.15, -0.1) is 0 Å². The molecule has 2 aromatic rings. The number of nitrogens with zero attached hydrogens (tertiary/aromatic N) is 2. The zero-order valence-electron chi connectivity index (χ0n) is 15.1. The number of phenols is 2. The van der Waals surface area contributed by atoms with Gasteiger partial charge in [0.05, 0.1) is 22.5 Å². The lowest BCUT2D eigenvalue weighted by Crippen LogP contribution is -2.36. The van der Waals surface area contributed by atoms with Gasteiger partial charge in [0.2, 0.25) is 0 Å². The van der Waals surface area contributed by atoms with Crippen LogP contribution in [0.2, 0.25) is 0 Å². The molecule has 0 amide bonds. The van der Waals surface area contributed by atoms with Crippen molar-refractivity contribution in [1.29, 1.82) is 0 Å². The van der Waals surface area contributed by atoms with Crippen LogP contribution < -0.4 is 4.74 Å². The van der Waals surface area contributed by atoms with E-state index < -0.39 is 11.2 Å². The van der Waals surface area contributed by atoms with Gasteiger partial charge in [-0.05, 0) is 27.7 Å². The Morgan fingerprint density at radius 3 is 2.54 bits per heavy atom. The summed E-state index contributed by atoms with van der Waals surface area (Å²) in [5.74, 6) is -0.905. The molecule has 0 radical (unpaired) electrons. The van der Waals surface area contributed by atoms with E-state index in [1.165, 1.54) is 13.8 Å². The van der Waals surface area contributed by atoms with Crippen LogP contribution in [0.25, 0.3) is 6.08 Å². The average molecular weight is 354 g/mol. The third-order valence-corrected chi connectivity index (χ3v) is 5.41. The van der Waals surface area contributed by atoms with E-state index in [1.54, 1.807) is 31.7 Å². The number of allylic oxidation sites excluding steroid dienone is 1. The highest BCUT2D eigenvalue weighted by molar-refractivity contribution is 6.14. The van der Waals surface area contributed by atoms with Crippen LogP contribution in [-0.4, -0.2) is 31.6 Å². The Bertz CT molecular complexity index is 1080. The minimum Gasteiger partial charge on any atom is -0.507 e. The molecule has 1 aromatic heterocycles. The highest BCUT2D eigenvalue weighted by atomic mass is 16.5. The molecule has 0 spiro atoms. The fourth-order valence-electron chi connectivity index (χ4n) is 3.95. The third-order valence-electron chi connectivity index (χ3n) is 5.41. The Labute approximate surface area is 149 Å². The van der Waals surface area contributed by atoms with Crippen molar-refractivity contribution in [3.05, 3.63) is 39.4 Å². The predicted molar refractivity (Wildman–Crippen MR) is 92.7 cm³/mol. The van der Waals surface area contributed by atoms with Crippen molar-refractivity contribution in [2.24, 2.45) is 7.05 Å². The third kappa shape index (κ3) is 1.65. The zero-order valence-corrected chi connectivity index (χ0v) is 15.1. The number of aromatic hydroxyl groups is 2. The maximum atomic E-state index is 13.4. The molecule has 7 nitrogen and oxygen atoms in total. The van der Waals surface area contributed by atoms with E-state index in [-0.39, 0.29) is 39.7 Å². The van der Waals surface area contributed by atoms with Gasteiger partial charge in [0.25, 0.3) is 0 Å². The molecule has 26 heavy (non-hydrogen) atoms. The van der Waals surface area contributed by atoms with Crippen LogP contribution in [0.5, 0.6) is 17.2 Å². The summed E-state index contributed by atoms with van der Waals surface area (Å²) in [6.45, 7) is 6.20. The molecule has 0 unspecified atom stereocenters. The second-order valence-electron chi connectivity index (χ2n) is 6.99. The highest BCUT2D eigenvalue weighted by Crippen LogP contribution is 2.58. The fraction of sp³-hybridized carbons (Fsp3) is 0.316. The molecule has 2 aliphatic rings. The van der Waals surface area contributed by atoms with E-state index in [1.807, 2.05) is 0 Å². The molecule has 1 aliphatic heterocycles. The van der Waals surface area contributed by atoms with Gasteiger partial charge >= 0.3 is 0 Å². The Morgan fingerprint density at radius 1 is 1.27 bits per heavy atom. The van der Waals surface area contributed by atoms with E-state index >= 15 is 0 Å². The minimum atomic E-state index is -1.29. The van der Waals surface area contributed by atoms with Crippen molar-refractivity contribution in [2.45, 2.75) is 33.1 Å². The van der Waals surface area contributed by atoms with Crippen molar-refractivity contribution < 1.29 is 24.5 Å². The molecule has 1 atom stereocenters. The van der Waals surface area contributed by atoms with E-state index in [9.17, 15) is 19.8 Å². The lowest BCUT2D eigenvalue weighted by atomic mass is 9.71. The quantitative estimate of drug-likeness (QED) is 0.763. The molecular weight excluding hydrogens is 336 g/mol. The number of carbonyl (C=O) groups is 2. The normalized spacial score (nSPS) is 20.2. The van der Waals surface area contributed by atoms with E-state index in [2.05, 4.69) is 5.10 Å². The number of aryl methyl sites for hydroxylation is 2. The van der Waals surface area contributed by atoms with Crippen molar-refractivity contribution in [2.75, 3.05) is 0 Å². The molecule has 134 valence electrons. The molecule has 4 rings (SSSR count). The summed E-state index contributed by atoms with van der Waals surface area (Å²) < 4.78 is 7.47. The summed E-state index contributed by atoms with van der Waals surface area (Å²) in [6.07, 6.45) is 1.70. The zero-order chi connectivity index (χ0) is 19.1. The lowest BCUT2D eigenvalue weighted by Gasteiger charge is -2.27. The van der Waals surface area contributed by atoms with Crippen LogP contribution in [0.3, 0.4) is 0 Å². The molecule has 0 fully saturated rings. The number of benzene rings is 1. The number of carbonyl (C=O) groups excluding carboxylic acids is 2. The second-order valence-corrected chi connectivity index (χ2v) is 6.99. The SMILES string of the molecule is CC(=O)c1c(O)c(C)c(O)c2c1OC1=Cc3c(c(C)nn3C)C(=O)[C@@]12C. The number of Topliss-reactive ketones (excluding diaryl/α,β-unsaturated/α-hetero) is 2. The molecule has 0 saturated heterocycles. The van der Waals surface area contributed by atoms with Crippen LogP contribution in [0.15, 0.2) is 5.76 Å². The van der Waals surface area contributed by atoms with Crippen LogP contribution in [0.4, 0.5) is 0 Å². The molecule has 0 bridgehead atoms. The first-order chi connectivity index (χ1) is 12.1. The van der Waals surface area contributed by atoms with Crippen LogP contribution in [-0.2, 0) is 12.5 Å². The van der Waals surface area contributed by atoms with Gasteiger partial charge in [0, 0.05) is 18.7 Å². The number of phenolic OH excluding ortho intramolecular Hbond substituents is 2. The van der Waals surface area contributed by atoms with Gasteiger partial charge < -0.3 is 14.9 Å². The number of fused-ring (bicyclic) bond motifs is 4. The number of hydrogen-bond donors (Lipinski definition) is 2. The molecule has 1 aromatic carbocycles. The van der Waals surface area contributed by atoms with Gasteiger partial charge in [0.15, 0.2) is 11.6 Å². The number of ether oxygens (including phenoxy) is 1. The summed E-state index contributed by atoms with van der Waals surface area (Å²) >= 11 is 0. The minimum absolute atomic E-state index is 0.0291. The summed E-state index contributed by atoms with van der Waals surface area (Å²) in [5.41, 5.74) is 0.688. The van der Waals surface area contributed by atoms with E-state index in [0.717, 1.165) is 0 Å². The highest BCUT2D eigenvalue weighted by Gasteiger charge is 2.55. The van der Waals surface area contributed by atoms with Gasteiger partial charge in [-0.25, -0.2) is 0 Å². The molecule has 2 heterocycles. The van der Waals surface area contributed by atoms with Gasteiger partial charge in [-0.1, -0.05) is 0 Å². The van der Waals surface area contributed by atoms with Crippen molar-refractivity contribution in [1.82, 2.24) is 9.78 Å². The molecule has 1 aliphatic carbocycles. The summed E-state index contributed by atoms with van der Waals surface area (Å²) in [6, 6.07) is 0. The molecule has 0 saturated carbocycles. The van der Waals surface area contributed by atoms with E-state index in [4.69, 9.17) is 4.74 Å². The van der Waals surface area contributed by atoms with E-state index in [0.29, 0.717) is 22.7 Å². The summed E-state index contributed by atoms with van der Waals surface area (Å²) in [5, 5.41) is 25.3. The van der Waals surface area contributed by atoms with Gasteiger partial charge in [-0.2, -0.15) is 5.10 Å². The summed E-state index contributed by atoms with van der Waals surface area (Å²) in [4.78, 5) is 25.5. The van der Waals surface area contributed by atoms with Gasteiger partial charge in [0.1, 0.15) is 34.0 Å². The first-order valence-corrected chi connectivity index (χ1v) is 8.19. The van der Waals surface area contributed by atoms with Crippen LogP contribution in [0, 0.1) is 13.8 Å². The van der Waals surface area contributed by atoms with Crippen molar-refractivity contribution in [3.63, 3.8) is 0 Å². The first kappa shape index (κ1) is 16.4. The number of rotatable bonds is 1. The predicted octanol–water partition coefficient (Wildman–Crippen LogP) is 2.54. The smallest absolute Gasteiger partial charge is 0.185 e. The largest absolute Gasteiger partial charge is 0.507 e. The fourth-order valence-corrected chi connectivity index (χ4v) is 3.95.